The second-order valence-electron chi connectivity index (χ2n) is 8.08. The first-order valence-electron chi connectivity index (χ1n) is 10.9. The van der Waals surface area contributed by atoms with Gasteiger partial charge in [0.15, 0.2) is 0 Å². The molecule has 0 unspecified atom stereocenters. The van der Waals surface area contributed by atoms with Crippen LogP contribution in [0, 0.1) is 0 Å². The molecule has 0 bridgehead atoms. The van der Waals surface area contributed by atoms with E-state index in [-0.39, 0.29) is 5.91 Å². The minimum Gasteiger partial charge on any atom is -0.493 e. The van der Waals surface area contributed by atoms with Crippen LogP contribution in [0.5, 0.6) is 5.75 Å². The Morgan fingerprint density at radius 3 is 2.71 bits per heavy atom. The highest BCUT2D eigenvalue weighted by molar-refractivity contribution is 5.76. The molecule has 0 spiro atoms. The van der Waals surface area contributed by atoms with Gasteiger partial charge >= 0.3 is 0 Å². The normalized spacial score (nSPS) is 16.2. The Morgan fingerprint density at radius 2 is 1.87 bits per heavy atom. The van der Waals surface area contributed by atoms with Crippen LogP contribution in [0.3, 0.4) is 0 Å². The average Bonchev–Trinajstić information content (AvgIpc) is 3.48. The summed E-state index contributed by atoms with van der Waals surface area (Å²) in [6.45, 7) is 4.99. The lowest BCUT2D eigenvalue weighted by atomic mass is 10.1. The molecule has 1 fully saturated rings. The number of carbonyl (C=O) groups excluding carboxylic acids is 1. The van der Waals surface area contributed by atoms with E-state index in [2.05, 4.69) is 33.2 Å². The van der Waals surface area contributed by atoms with Crippen molar-refractivity contribution in [3.63, 3.8) is 0 Å². The number of amides is 1. The van der Waals surface area contributed by atoms with Crippen molar-refractivity contribution < 1.29 is 14.1 Å². The maximum absolute atomic E-state index is 12.6. The van der Waals surface area contributed by atoms with E-state index in [1.165, 1.54) is 11.1 Å². The van der Waals surface area contributed by atoms with Crippen molar-refractivity contribution in [1.82, 2.24) is 19.9 Å². The molecule has 0 saturated carbocycles. The molecule has 1 saturated heterocycles. The van der Waals surface area contributed by atoms with Crippen LogP contribution in [0.1, 0.15) is 23.4 Å². The summed E-state index contributed by atoms with van der Waals surface area (Å²) >= 11 is 0. The number of carbonyl (C=O) groups is 1. The van der Waals surface area contributed by atoms with Gasteiger partial charge in [0.25, 0.3) is 0 Å². The maximum Gasteiger partial charge on any atom is 0.227 e. The van der Waals surface area contributed by atoms with Crippen molar-refractivity contribution in [3.05, 3.63) is 65.5 Å². The fraction of sp³-hybridized carbons (Fsp3) is 0.375. The quantitative estimate of drug-likeness (QED) is 0.613. The lowest BCUT2D eigenvalue weighted by molar-refractivity contribution is -0.133. The smallest absolute Gasteiger partial charge is 0.227 e. The summed E-state index contributed by atoms with van der Waals surface area (Å²) in [5.41, 5.74) is 3.54. The number of nitrogens with zero attached hydrogens (tertiary/aromatic N) is 4. The fourth-order valence-corrected chi connectivity index (χ4v) is 4.18. The molecule has 1 aromatic heterocycles. The molecule has 0 atom stereocenters. The number of aromatic nitrogens is 2. The molecule has 7 heteroatoms. The number of hydrogen-bond donors (Lipinski definition) is 0. The van der Waals surface area contributed by atoms with E-state index in [0.29, 0.717) is 24.6 Å². The van der Waals surface area contributed by atoms with E-state index in [0.717, 1.165) is 57.1 Å². The van der Waals surface area contributed by atoms with Crippen LogP contribution in [-0.2, 0) is 24.2 Å². The van der Waals surface area contributed by atoms with Gasteiger partial charge in [0.2, 0.25) is 17.6 Å². The van der Waals surface area contributed by atoms with Gasteiger partial charge in [-0.05, 0) is 17.2 Å². The van der Waals surface area contributed by atoms with Gasteiger partial charge in [0.1, 0.15) is 5.75 Å². The molecule has 7 nitrogen and oxygen atoms in total. The van der Waals surface area contributed by atoms with Gasteiger partial charge in [-0.1, -0.05) is 47.6 Å². The second kappa shape index (κ2) is 8.89. The van der Waals surface area contributed by atoms with Crippen LogP contribution in [0.25, 0.3) is 11.4 Å². The van der Waals surface area contributed by atoms with Gasteiger partial charge in [0.05, 0.1) is 6.61 Å². The topological polar surface area (TPSA) is 71.7 Å². The fourth-order valence-electron chi connectivity index (χ4n) is 4.18. The van der Waals surface area contributed by atoms with E-state index in [9.17, 15) is 4.79 Å². The number of ether oxygens (including phenoxy) is 1. The third kappa shape index (κ3) is 4.61. The number of piperazine rings is 1. The van der Waals surface area contributed by atoms with Crippen molar-refractivity contribution in [2.75, 3.05) is 32.8 Å². The molecule has 160 valence electrons. The van der Waals surface area contributed by atoms with Crippen molar-refractivity contribution in [1.29, 1.82) is 0 Å². The summed E-state index contributed by atoms with van der Waals surface area (Å²) in [5, 5.41) is 4.02. The summed E-state index contributed by atoms with van der Waals surface area (Å²) in [6, 6.07) is 16.2. The Morgan fingerprint density at radius 1 is 1.03 bits per heavy atom. The Hall–Kier alpha value is -3.19. The van der Waals surface area contributed by atoms with E-state index in [4.69, 9.17) is 9.26 Å². The third-order valence-electron chi connectivity index (χ3n) is 5.94. The van der Waals surface area contributed by atoms with Crippen LogP contribution in [0.15, 0.2) is 53.1 Å². The molecule has 3 aromatic rings. The maximum atomic E-state index is 12.6. The first kappa shape index (κ1) is 19.8. The molecule has 2 aliphatic heterocycles. The molecule has 0 N–H and O–H groups in total. The molecule has 5 rings (SSSR count). The summed E-state index contributed by atoms with van der Waals surface area (Å²) in [4.78, 5) is 21.4. The largest absolute Gasteiger partial charge is 0.493 e. The highest BCUT2D eigenvalue weighted by Gasteiger charge is 2.22. The van der Waals surface area contributed by atoms with Crippen LogP contribution in [0.2, 0.25) is 0 Å². The number of fused-ring (bicyclic) bond motifs is 1. The van der Waals surface area contributed by atoms with Crippen molar-refractivity contribution >= 4 is 5.91 Å². The predicted octanol–water partition coefficient (Wildman–Crippen LogP) is 2.95. The van der Waals surface area contributed by atoms with Crippen molar-refractivity contribution in [3.8, 4) is 17.1 Å². The summed E-state index contributed by atoms with van der Waals surface area (Å²) < 4.78 is 10.9. The first-order valence-corrected chi connectivity index (χ1v) is 10.9. The van der Waals surface area contributed by atoms with E-state index in [1.807, 2.05) is 35.2 Å². The molecular formula is C24H26N4O3. The minimum atomic E-state index is 0.147. The van der Waals surface area contributed by atoms with Crippen molar-refractivity contribution in [2.45, 2.75) is 25.8 Å². The third-order valence-corrected chi connectivity index (χ3v) is 5.94. The molecule has 31 heavy (non-hydrogen) atoms. The van der Waals surface area contributed by atoms with Crippen LogP contribution >= 0.6 is 0 Å². The van der Waals surface area contributed by atoms with Gasteiger partial charge < -0.3 is 14.2 Å². The minimum absolute atomic E-state index is 0.147. The highest BCUT2D eigenvalue weighted by atomic mass is 16.5. The zero-order valence-corrected chi connectivity index (χ0v) is 17.5. The van der Waals surface area contributed by atoms with Gasteiger partial charge in [0, 0.05) is 57.5 Å². The average molecular weight is 418 g/mol. The van der Waals surface area contributed by atoms with Gasteiger partial charge in [-0.3, -0.25) is 9.69 Å². The highest BCUT2D eigenvalue weighted by Crippen LogP contribution is 2.26. The van der Waals surface area contributed by atoms with Gasteiger partial charge in [-0.2, -0.15) is 4.98 Å². The monoisotopic (exact) mass is 418 g/mol. The lowest BCUT2D eigenvalue weighted by Crippen LogP contribution is -2.48. The SMILES string of the molecule is O=C(CCc1nc(-c2ccccc2)no1)N1CCN(Cc2ccc3c(c2)CCO3)CC1. The Balaban J connectivity index is 1.08. The Bertz CT molecular complexity index is 1040. The summed E-state index contributed by atoms with van der Waals surface area (Å²) in [5.74, 6) is 2.24. The molecule has 1 amide bonds. The van der Waals surface area contributed by atoms with E-state index in [1.54, 1.807) is 0 Å². The number of benzene rings is 2. The Labute approximate surface area is 181 Å². The molecular weight excluding hydrogens is 392 g/mol. The molecule has 0 radical (unpaired) electrons. The van der Waals surface area contributed by atoms with Crippen LogP contribution in [-0.4, -0.2) is 58.6 Å². The first-order chi connectivity index (χ1) is 15.2. The molecule has 0 aliphatic carbocycles. The number of hydrogen-bond acceptors (Lipinski definition) is 6. The zero-order valence-electron chi connectivity index (χ0n) is 17.5. The molecule has 3 heterocycles. The van der Waals surface area contributed by atoms with E-state index >= 15 is 0 Å². The van der Waals surface area contributed by atoms with Crippen LogP contribution in [0.4, 0.5) is 0 Å². The standard InChI is InChI=1S/C24H26N4O3/c29-23(9-8-22-25-24(26-31-22)19-4-2-1-3-5-19)28-13-11-27(12-14-28)17-18-6-7-21-20(16-18)10-15-30-21/h1-7,16H,8-15,17H2. The van der Waals surface area contributed by atoms with E-state index < -0.39 is 0 Å². The number of rotatable bonds is 6. The van der Waals surface area contributed by atoms with Gasteiger partial charge in [-0.15, -0.1) is 0 Å². The summed E-state index contributed by atoms with van der Waals surface area (Å²) in [6.07, 6.45) is 1.86. The van der Waals surface area contributed by atoms with Crippen LogP contribution < -0.4 is 4.74 Å². The van der Waals surface area contributed by atoms with Gasteiger partial charge in [-0.25, -0.2) is 0 Å². The Kier molecular flexibility index (Phi) is 5.67. The molecule has 2 aromatic carbocycles. The zero-order chi connectivity index (χ0) is 21.0. The second-order valence-corrected chi connectivity index (χ2v) is 8.08. The molecule has 2 aliphatic rings. The van der Waals surface area contributed by atoms with Crippen molar-refractivity contribution in [2.24, 2.45) is 0 Å². The number of aryl methyl sites for hydroxylation is 1. The summed E-state index contributed by atoms with van der Waals surface area (Å²) in [7, 11) is 0. The predicted molar refractivity (Wildman–Crippen MR) is 116 cm³/mol. The lowest BCUT2D eigenvalue weighted by Gasteiger charge is -2.34.